The molecule has 0 saturated heterocycles. The Labute approximate surface area is 117 Å². The van der Waals surface area contributed by atoms with Gasteiger partial charge in [-0.2, -0.15) is 0 Å². The maximum atomic E-state index is 13.5. The summed E-state index contributed by atoms with van der Waals surface area (Å²) < 4.78 is 18.6. The summed E-state index contributed by atoms with van der Waals surface area (Å²) in [5, 5.41) is 0.0994. The number of aryl methyl sites for hydroxylation is 1. The van der Waals surface area contributed by atoms with Gasteiger partial charge >= 0.3 is 0 Å². The van der Waals surface area contributed by atoms with E-state index in [4.69, 9.17) is 22.1 Å². The molecule has 2 aromatic carbocycles. The van der Waals surface area contributed by atoms with Gasteiger partial charge in [0.05, 0.1) is 18.2 Å². The number of hydrogen-bond donors (Lipinski definition) is 1. The van der Waals surface area contributed by atoms with Gasteiger partial charge in [0.1, 0.15) is 11.6 Å². The average Bonchev–Trinajstić information content (AvgIpc) is 2.41. The summed E-state index contributed by atoms with van der Waals surface area (Å²) in [6.45, 7) is 1.95. The molecule has 0 saturated carbocycles. The molecule has 0 amide bonds. The summed E-state index contributed by atoms with van der Waals surface area (Å²) >= 11 is 5.67. The lowest BCUT2D eigenvalue weighted by Gasteiger charge is -2.16. The summed E-state index contributed by atoms with van der Waals surface area (Å²) in [6, 6.07) is 9.88. The zero-order chi connectivity index (χ0) is 14.0. The average molecular weight is 280 g/mol. The van der Waals surface area contributed by atoms with Crippen molar-refractivity contribution in [2.45, 2.75) is 13.0 Å². The van der Waals surface area contributed by atoms with Crippen molar-refractivity contribution >= 4 is 11.6 Å². The fourth-order valence-electron chi connectivity index (χ4n) is 2.01. The zero-order valence-corrected chi connectivity index (χ0v) is 11.5. The van der Waals surface area contributed by atoms with E-state index in [2.05, 4.69) is 0 Å². The molecule has 19 heavy (non-hydrogen) atoms. The van der Waals surface area contributed by atoms with Gasteiger partial charge in [-0.25, -0.2) is 4.39 Å². The fourth-order valence-corrected chi connectivity index (χ4v) is 2.13. The Morgan fingerprint density at radius 3 is 2.53 bits per heavy atom. The normalized spacial score (nSPS) is 12.3. The van der Waals surface area contributed by atoms with Gasteiger partial charge in [0.2, 0.25) is 0 Å². The van der Waals surface area contributed by atoms with Crippen molar-refractivity contribution in [3.8, 4) is 5.75 Å². The van der Waals surface area contributed by atoms with Crippen molar-refractivity contribution in [2.75, 3.05) is 7.11 Å². The molecule has 0 fully saturated rings. The summed E-state index contributed by atoms with van der Waals surface area (Å²) in [6.07, 6.45) is 0. The highest BCUT2D eigenvalue weighted by molar-refractivity contribution is 6.30. The number of methoxy groups -OCH3 is 1. The molecule has 2 nitrogen and oxygen atoms in total. The van der Waals surface area contributed by atoms with Crippen LogP contribution in [0.25, 0.3) is 0 Å². The first kappa shape index (κ1) is 13.8. The van der Waals surface area contributed by atoms with Crippen LogP contribution < -0.4 is 10.5 Å². The highest BCUT2D eigenvalue weighted by Crippen LogP contribution is 2.27. The van der Waals surface area contributed by atoms with Crippen LogP contribution in [0.2, 0.25) is 5.02 Å². The van der Waals surface area contributed by atoms with Gasteiger partial charge in [-0.15, -0.1) is 0 Å². The van der Waals surface area contributed by atoms with Crippen LogP contribution in [0.15, 0.2) is 36.4 Å². The van der Waals surface area contributed by atoms with Crippen molar-refractivity contribution in [3.05, 3.63) is 63.9 Å². The van der Waals surface area contributed by atoms with Crippen molar-refractivity contribution in [1.82, 2.24) is 0 Å². The van der Waals surface area contributed by atoms with Crippen LogP contribution in [0, 0.1) is 12.7 Å². The first-order valence-corrected chi connectivity index (χ1v) is 6.26. The largest absolute Gasteiger partial charge is 0.497 e. The van der Waals surface area contributed by atoms with Crippen molar-refractivity contribution < 1.29 is 9.13 Å². The highest BCUT2D eigenvalue weighted by Gasteiger charge is 2.13. The topological polar surface area (TPSA) is 35.2 Å². The Morgan fingerprint density at radius 1 is 1.21 bits per heavy atom. The third-order valence-electron chi connectivity index (χ3n) is 3.11. The third kappa shape index (κ3) is 2.88. The van der Waals surface area contributed by atoms with E-state index >= 15 is 0 Å². The Kier molecular flexibility index (Phi) is 4.08. The van der Waals surface area contributed by atoms with Gasteiger partial charge in [0.15, 0.2) is 0 Å². The van der Waals surface area contributed by atoms with E-state index in [0.717, 1.165) is 16.9 Å². The van der Waals surface area contributed by atoms with Crippen molar-refractivity contribution in [1.29, 1.82) is 0 Å². The number of rotatable bonds is 3. The minimum absolute atomic E-state index is 0.0994. The van der Waals surface area contributed by atoms with E-state index in [1.807, 2.05) is 25.1 Å². The molecule has 0 bridgehead atoms. The molecule has 100 valence electrons. The molecule has 0 radical (unpaired) electrons. The molecule has 0 aliphatic rings. The van der Waals surface area contributed by atoms with Gasteiger partial charge in [-0.05, 0) is 47.9 Å². The second-order valence-corrected chi connectivity index (χ2v) is 4.78. The molecule has 0 heterocycles. The summed E-state index contributed by atoms with van der Waals surface area (Å²) in [5.74, 6) is 0.316. The van der Waals surface area contributed by atoms with Crippen LogP contribution in [0.1, 0.15) is 22.7 Å². The van der Waals surface area contributed by atoms with E-state index in [1.54, 1.807) is 13.2 Å². The predicted molar refractivity (Wildman–Crippen MR) is 75.2 cm³/mol. The molecule has 2 rings (SSSR count). The van der Waals surface area contributed by atoms with Gasteiger partial charge in [0.25, 0.3) is 0 Å². The quantitative estimate of drug-likeness (QED) is 0.926. The third-order valence-corrected chi connectivity index (χ3v) is 3.42. The molecular weight excluding hydrogens is 265 g/mol. The number of nitrogens with two attached hydrogens (primary N) is 1. The van der Waals surface area contributed by atoms with Crippen LogP contribution in [0.3, 0.4) is 0 Å². The second-order valence-electron chi connectivity index (χ2n) is 4.37. The number of hydrogen-bond acceptors (Lipinski definition) is 2. The van der Waals surface area contributed by atoms with Crippen LogP contribution in [0.4, 0.5) is 4.39 Å². The highest BCUT2D eigenvalue weighted by atomic mass is 35.5. The van der Waals surface area contributed by atoms with Crippen molar-refractivity contribution in [3.63, 3.8) is 0 Å². The molecule has 2 N–H and O–H groups in total. The van der Waals surface area contributed by atoms with Crippen LogP contribution in [-0.2, 0) is 0 Å². The Balaban J connectivity index is 2.38. The number of benzene rings is 2. The molecule has 0 aliphatic carbocycles. The van der Waals surface area contributed by atoms with E-state index < -0.39 is 11.9 Å². The summed E-state index contributed by atoms with van der Waals surface area (Å²) in [4.78, 5) is 0. The standard InChI is InChI=1S/C15H15ClFNO/c1-9-7-11(19-2)4-5-12(9)15(18)10-3-6-13(16)14(17)8-10/h3-8,15H,18H2,1-2H3. The predicted octanol–water partition coefficient (Wildman–Crippen LogP) is 3.84. The smallest absolute Gasteiger partial charge is 0.142 e. The molecule has 0 aliphatic heterocycles. The molecule has 1 unspecified atom stereocenters. The lowest BCUT2D eigenvalue weighted by atomic mass is 9.95. The summed E-state index contributed by atoms with van der Waals surface area (Å²) in [5.41, 5.74) is 8.80. The van der Waals surface area contributed by atoms with Gasteiger partial charge in [0, 0.05) is 0 Å². The Bertz CT molecular complexity index is 601. The Morgan fingerprint density at radius 2 is 1.95 bits per heavy atom. The monoisotopic (exact) mass is 279 g/mol. The summed E-state index contributed by atoms with van der Waals surface area (Å²) in [7, 11) is 1.61. The second kappa shape index (κ2) is 5.59. The first-order valence-electron chi connectivity index (χ1n) is 5.88. The van der Waals surface area contributed by atoms with Gasteiger partial charge in [-0.1, -0.05) is 23.7 Å². The molecule has 4 heteroatoms. The maximum Gasteiger partial charge on any atom is 0.142 e. The number of ether oxygens (including phenoxy) is 1. The van der Waals surface area contributed by atoms with Crippen molar-refractivity contribution in [2.24, 2.45) is 5.73 Å². The maximum absolute atomic E-state index is 13.5. The van der Waals surface area contributed by atoms with E-state index in [9.17, 15) is 4.39 Å². The molecule has 0 aromatic heterocycles. The minimum atomic E-state index is -0.458. The first-order chi connectivity index (χ1) is 9.02. The van der Waals surface area contributed by atoms with Crippen LogP contribution >= 0.6 is 11.6 Å². The fraction of sp³-hybridized carbons (Fsp3) is 0.200. The van der Waals surface area contributed by atoms with E-state index in [0.29, 0.717) is 5.56 Å². The van der Waals surface area contributed by atoms with Crippen LogP contribution in [-0.4, -0.2) is 7.11 Å². The lowest BCUT2D eigenvalue weighted by Crippen LogP contribution is -2.13. The van der Waals surface area contributed by atoms with E-state index in [1.165, 1.54) is 12.1 Å². The van der Waals surface area contributed by atoms with Gasteiger partial charge < -0.3 is 10.5 Å². The number of halogens is 2. The van der Waals surface area contributed by atoms with Crippen LogP contribution in [0.5, 0.6) is 5.75 Å². The zero-order valence-electron chi connectivity index (χ0n) is 10.8. The lowest BCUT2D eigenvalue weighted by molar-refractivity contribution is 0.414. The Hall–Kier alpha value is -1.58. The van der Waals surface area contributed by atoms with E-state index in [-0.39, 0.29) is 5.02 Å². The van der Waals surface area contributed by atoms with Gasteiger partial charge in [-0.3, -0.25) is 0 Å². The molecule has 2 aromatic rings. The minimum Gasteiger partial charge on any atom is -0.497 e. The SMILES string of the molecule is COc1ccc(C(N)c2ccc(Cl)c(F)c2)c(C)c1. The molecule has 1 atom stereocenters. The molecular formula is C15H15ClFNO. The molecule has 0 spiro atoms.